The lowest BCUT2D eigenvalue weighted by Crippen LogP contribution is -2.40. The lowest BCUT2D eigenvalue weighted by atomic mass is 9.89. The number of carbonyl (C=O) groups is 2. The first kappa shape index (κ1) is 20.9. The molecule has 0 aliphatic heterocycles. The predicted molar refractivity (Wildman–Crippen MR) is 113 cm³/mol. The van der Waals surface area contributed by atoms with Crippen LogP contribution >= 0.6 is 23.1 Å². The van der Waals surface area contributed by atoms with E-state index in [1.54, 1.807) is 15.9 Å². The fourth-order valence-electron chi connectivity index (χ4n) is 3.37. The minimum Gasteiger partial charge on any atom is -0.338 e. The van der Waals surface area contributed by atoms with Crippen molar-refractivity contribution < 1.29 is 9.59 Å². The van der Waals surface area contributed by atoms with E-state index in [4.69, 9.17) is 4.98 Å². The molecule has 0 fully saturated rings. The molecule has 2 aromatic rings. The van der Waals surface area contributed by atoms with Crippen LogP contribution in [0.3, 0.4) is 0 Å². The quantitative estimate of drug-likeness (QED) is 0.551. The van der Waals surface area contributed by atoms with Gasteiger partial charge in [-0.1, -0.05) is 25.6 Å². The van der Waals surface area contributed by atoms with Gasteiger partial charge < -0.3 is 5.32 Å². The Morgan fingerprint density at radius 3 is 2.86 bits per heavy atom. The van der Waals surface area contributed by atoms with Crippen molar-refractivity contribution in [3.63, 3.8) is 0 Å². The van der Waals surface area contributed by atoms with E-state index in [0.717, 1.165) is 35.9 Å². The Kier molecular flexibility index (Phi) is 6.77. The average Bonchev–Trinajstić information content (AvgIpc) is 3.02. The molecule has 7 nitrogen and oxygen atoms in total. The number of fused-ring (bicyclic) bond motifs is 3. The normalized spacial score (nSPS) is 16.0. The maximum absolute atomic E-state index is 13.1. The molecule has 2 N–H and O–H groups in total. The van der Waals surface area contributed by atoms with Crippen LogP contribution in [0.5, 0.6) is 0 Å². The molecule has 2 heterocycles. The van der Waals surface area contributed by atoms with E-state index < -0.39 is 11.9 Å². The van der Waals surface area contributed by atoms with Crippen LogP contribution in [0.1, 0.15) is 44.1 Å². The van der Waals surface area contributed by atoms with E-state index in [1.807, 2.05) is 13.8 Å². The molecule has 2 aromatic heterocycles. The van der Waals surface area contributed by atoms with E-state index in [1.165, 1.54) is 22.2 Å². The van der Waals surface area contributed by atoms with Gasteiger partial charge in [0.05, 0.1) is 11.1 Å². The van der Waals surface area contributed by atoms with Gasteiger partial charge in [-0.15, -0.1) is 11.3 Å². The Bertz CT molecular complexity index is 951. The maximum atomic E-state index is 13.1. The number of imide groups is 1. The largest absolute Gasteiger partial charge is 0.338 e. The van der Waals surface area contributed by atoms with Crippen LogP contribution in [-0.2, 0) is 24.2 Å². The van der Waals surface area contributed by atoms with Crippen molar-refractivity contribution in [3.05, 3.63) is 20.8 Å². The highest BCUT2D eigenvalue weighted by atomic mass is 32.2. The second kappa shape index (κ2) is 9.09. The third-order valence-corrected chi connectivity index (χ3v) is 6.94. The molecule has 3 amide bonds. The molecule has 1 unspecified atom stereocenters. The monoisotopic (exact) mass is 422 g/mol. The number of hydrogen-bond acceptors (Lipinski definition) is 6. The zero-order valence-electron chi connectivity index (χ0n) is 16.5. The average molecular weight is 423 g/mol. The molecular weight excluding hydrogens is 396 g/mol. The zero-order chi connectivity index (χ0) is 20.3. The van der Waals surface area contributed by atoms with Gasteiger partial charge in [0.25, 0.3) is 5.56 Å². The van der Waals surface area contributed by atoms with Crippen LogP contribution in [0.4, 0.5) is 4.79 Å². The first-order valence-electron chi connectivity index (χ1n) is 9.70. The van der Waals surface area contributed by atoms with Crippen LogP contribution in [0.15, 0.2) is 9.95 Å². The fraction of sp³-hybridized carbons (Fsp3) is 0.579. The summed E-state index contributed by atoms with van der Waals surface area (Å²) in [4.78, 5) is 43.4. The molecule has 0 saturated heterocycles. The van der Waals surface area contributed by atoms with Crippen LogP contribution in [-0.4, -0.2) is 33.8 Å². The van der Waals surface area contributed by atoms with Gasteiger partial charge in [-0.3, -0.25) is 19.5 Å². The minimum absolute atomic E-state index is 0.0249. The van der Waals surface area contributed by atoms with Gasteiger partial charge in [-0.05, 0) is 44.1 Å². The van der Waals surface area contributed by atoms with Crippen LogP contribution in [0.2, 0.25) is 0 Å². The van der Waals surface area contributed by atoms with Crippen molar-refractivity contribution >= 4 is 45.3 Å². The van der Waals surface area contributed by atoms with Gasteiger partial charge >= 0.3 is 6.03 Å². The summed E-state index contributed by atoms with van der Waals surface area (Å²) in [6, 6.07) is -0.496. The molecule has 1 aliphatic rings. The van der Waals surface area contributed by atoms with E-state index in [-0.39, 0.29) is 11.3 Å². The SMILES string of the molecule is CCCNC(=O)NC(=O)CSc1nc2sc3c(c2c(=O)n1CC)CCC(C)C3. The Morgan fingerprint density at radius 1 is 1.36 bits per heavy atom. The number of nitrogens with one attached hydrogen (secondary N) is 2. The highest BCUT2D eigenvalue weighted by molar-refractivity contribution is 7.99. The van der Waals surface area contributed by atoms with Gasteiger partial charge in [0, 0.05) is 18.0 Å². The Hall–Kier alpha value is -1.87. The summed E-state index contributed by atoms with van der Waals surface area (Å²) in [5, 5.41) is 6.17. The van der Waals surface area contributed by atoms with Crippen LogP contribution < -0.4 is 16.2 Å². The molecular formula is C19H26N4O3S2. The first-order chi connectivity index (χ1) is 13.4. The van der Waals surface area contributed by atoms with Crippen molar-refractivity contribution in [1.82, 2.24) is 20.2 Å². The third-order valence-electron chi connectivity index (χ3n) is 4.82. The fourth-order valence-corrected chi connectivity index (χ4v) is 5.66. The standard InChI is InChI=1S/C19H26N4O3S2/c1-4-8-20-18(26)21-14(24)10-27-19-22-16-15(17(25)23(19)5-2)12-7-6-11(3)9-13(12)28-16/h11H,4-10H2,1-3H3,(H2,20,21,24,26). The second-order valence-corrected chi connectivity index (χ2v) is 9.09. The number of amides is 3. The smallest absolute Gasteiger partial charge is 0.321 e. The van der Waals surface area contributed by atoms with Crippen molar-refractivity contribution in [2.24, 2.45) is 5.92 Å². The van der Waals surface area contributed by atoms with Gasteiger partial charge in [0.2, 0.25) is 5.91 Å². The van der Waals surface area contributed by atoms with E-state index in [0.29, 0.717) is 24.2 Å². The number of aromatic nitrogens is 2. The van der Waals surface area contributed by atoms with Gasteiger partial charge in [0.1, 0.15) is 4.83 Å². The number of hydrogen-bond donors (Lipinski definition) is 2. The molecule has 28 heavy (non-hydrogen) atoms. The zero-order valence-corrected chi connectivity index (χ0v) is 18.1. The summed E-state index contributed by atoms with van der Waals surface area (Å²) in [6.07, 6.45) is 3.83. The summed E-state index contributed by atoms with van der Waals surface area (Å²) in [5.41, 5.74) is 1.14. The Labute approximate surface area is 172 Å². The van der Waals surface area contributed by atoms with E-state index in [9.17, 15) is 14.4 Å². The predicted octanol–water partition coefficient (Wildman–Crippen LogP) is 2.93. The lowest BCUT2D eigenvalue weighted by molar-refractivity contribution is -0.117. The van der Waals surface area contributed by atoms with E-state index in [2.05, 4.69) is 17.6 Å². The molecule has 0 saturated carbocycles. The lowest BCUT2D eigenvalue weighted by Gasteiger charge is -2.17. The van der Waals surface area contributed by atoms with Crippen molar-refractivity contribution in [3.8, 4) is 0 Å². The number of aryl methyl sites for hydroxylation is 1. The number of thiophene rings is 1. The number of urea groups is 1. The Balaban J connectivity index is 1.81. The number of rotatable bonds is 6. The highest BCUT2D eigenvalue weighted by Gasteiger charge is 2.24. The molecule has 0 radical (unpaired) electrons. The van der Waals surface area contributed by atoms with Crippen LogP contribution in [0.25, 0.3) is 10.2 Å². The number of thioether (sulfide) groups is 1. The summed E-state index contributed by atoms with van der Waals surface area (Å²) < 4.78 is 1.63. The van der Waals surface area contributed by atoms with Crippen molar-refractivity contribution in [1.29, 1.82) is 0 Å². The first-order valence-corrected chi connectivity index (χ1v) is 11.5. The molecule has 1 aliphatic carbocycles. The summed E-state index contributed by atoms with van der Waals surface area (Å²) >= 11 is 2.79. The summed E-state index contributed by atoms with van der Waals surface area (Å²) in [6.45, 7) is 7.08. The molecule has 152 valence electrons. The number of nitrogens with zero attached hydrogens (tertiary/aromatic N) is 2. The van der Waals surface area contributed by atoms with Gasteiger partial charge in [0.15, 0.2) is 5.16 Å². The second-order valence-electron chi connectivity index (χ2n) is 7.07. The van der Waals surface area contributed by atoms with Crippen molar-refractivity contribution in [2.75, 3.05) is 12.3 Å². The molecule has 3 rings (SSSR count). The van der Waals surface area contributed by atoms with Crippen molar-refractivity contribution in [2.45, 2.75) is 58.2 Å². The van der Waals surface area contributed by atoms with Gasteiger partial charge in [-0.2, -0.15) is 0 Å². The van der Waals surface area contributed by atoms with E-state index >= 15 is 0 Å². The molecule has 1 atom stereocenters. The maximum Gasteiger partial charge on any atom is 0.321 e. The minimum atomic E-state index is -0.496. The highest BCUT2D eigenvalue weighted by Crippen LogP contribution is 2.36. The number of carbonyl (C=O) groups excluding carboxylic acids is 2. The third kappa shape index (κ3) is 4.41. The molecule has 9 heteroatoms. The molecule has 0 bridgehead atoms. The van der Waals surface area contributed by atoms with Crippen LogP contribution in [0, 0.1) is 5.92 Å². The summed E-state index contributed by atoms with van der Waals surface area (Å²) in [7, 11) is 0. The topological polar surface area (TPSA) is 93.1 Å². The molecule has 0 spiro atoms. The van der Waals surface area contributed by atoms with Gasteiger partial charge in [-0.25, -0.2) is 9.78 Å². The Morgan fingerprint density at radius 2 is 2.14 bits per heavy atom. The summed E-state index contributed by atoms with van der Waals surface area (Å²) in [5.74, 6) is 0.250. The molecule has 0 aromatic carbocycles.